The Morgan fingerprint density at radius 1 is 1.15 bits per heavy atom. The number of thiophene rings is 1. The molecule has 1 fully saturated rings. The standard InChI is InChI=1S/C19H22FN3O2S/c20-15-1-3-16(4-2-15)21-18(24)7-11-23-9-5-17(6-10-23)22-19(25)14-8-12-26-13-14/h1-4,8,12-13,17H,5-7,9-11H2,(H,21,24)(H,22,25). The second-order valence-electron chi connectivity index (χ2n) is 6.41. The fourth-order valence-electron chi connectivity index (χ4n) is 2.98. The zero-order valence-electron chi connectivity index (χ0n) is 14.4. The van der Waals surface area contributed by atoms with Crippen LogP contribution in [0.5, 0.6) is 0 Å². The smallest absolute Gasteiger partial charge is 0.252 e. The number of halogens is 1. The van der Waals surface area contributed by atoms with Gasteiger partial charge in [-0.15, -0.1) is 0 Å². The van der Waals surface area contributed by atoms with E-state index in [4.69, 9.17) is 0 Å². The number of carbonyl (C=O) groups excluding carboxylic acids is 2. The molecule has 0 bridgehead atoms. The van der Waals surface area contributed by atoms with E-state index in [9.17, 15) is 14.0 Å². The van der Waals surface area contributed by atoms with Gasteiger partial charge < -0.3 is 15.5 Å². The lowest BCUT2D eigenvalue weighted by atomic mass is 10.0. The number of benzene rings is 1. The molecule has 0 radical (unpaired) electrons. The van der Waals surface area contributed by atoms with Crippen molar-refractivity contribution in [2.24, 2.45) is 0 Å². The second kappa shape index (κ2) is 8.91. The first-order chi connectivity index (χ1) is 12.6. The Kier molecular flexibility index (Phi) is 6.35. The highest BCUT2D eigenvalue weighted by Gasteiger charge is 2.21. The van der Waals surface area contributed by atoms with Gasteiger partial charge in [0.1, 0.15) is 5.82 Å². The molecule has 7 heteroatoms. The summed E-state index contributed by atoms with van der Waals surface area (Å²) in [6.45, 7) is 2.40. The van der Waals surface area contributed by atoms with Crippen LogP contribution < -0.4 is 10.6 Å². The largest absolute Gasteiger partial charge is 0.349 e. The summed E-state index contributed by atoms with van der Waals surface area (Å²) in [4.78, 5) is 26.3. The molecule has 0 aliphatic carbocycles. The third-order valence-corrected chi connectivity index (χ3v) is 5.17. The Morgan fingerprint density at radius 2 is 1.88 bits per heavy atom. The molecule has 1 aromatic heterocycles. The van der Waals surface area contributed by atoms with Gasteiger partial charge >= 0.3 is 0 Å². The maximum absolute atomic E-state index is 12.9. The van der Waals surface area contributed by atoms with Crippen molar-refractivity contribution in [2.45, 2.75) is 25.3 Å². The van der Waals surface area contributed by atoms with E-state index < -0.39 is 0 Å². The molecule has 138 valence electrons. The summed E-state index contributed by atoms with van der Waals surface area (Å²) in [5.41, 5.74) is 1.32. The topological polar surface area (TPSA) is 61.4 Å². The lowest BCUT2D eigenvalue weighted by molar-refractivity contribution is -0.116. The van der Waals surface area contributed by atoms with Gasteiger partial charge in [-0.3, -0.25) is 9.59 Å². The average Bonchev–Trinajstić information content (AvgIpc) is 3.18. The van der Waals surface area contributed by atoms with Crippen LogP contribution in [0, 0.1) is 5.82 Å². The van der Waals surface area contributed by atoms with Crippen molar-refractivity contribution in [3.63, 3.8) is 0 Å². The van der Waals surface area contributed by atoms with E-state index in [-0.39, 0.29) is 23.7 Å². The number of rotatable bonds is 6. The monoisotopic (exact) mass is 375 g/mol. The predicted octanol–water partition coefficient (Wildman–Crippen LogP) is 3.11. The minimum Gasteiger partial charge on any atom is -0.349 e. The summed E-state index contributed by atoms with van der Waals surface area (Å²) in [5, 5.41) is 9.59. The van der Waals surface area contributed by atoms with Crippen molar-refractivity contribution >= 4 is 28.8 Å². The number of piperidine rings is 1. The van der Waals surface area contributed by atoms with Gasteiger partial charge in [0.2, 0.25) is 5.91 Å². The van der Waals surface area contributed by atoms with Crippen LogP contribution in [0.2, 0.25) is 0 Å². The number of anilines is 1. The molecule has 2 amide bonds. The van der Waals surface area contributed by atoms with Crippen LogP contribution in [0.1, 0.15) is 29.6 Å². The summed E-state index contributed by atoms with van der Waals surface area (Å²) in [7, 11) is 0. The third kappa shape index (κ3) is 5.37. The summed E-state index contributed by atoms with van der Waals surface area (Å²) >= 11 is 1.52. The summed E-state index contributed by atoms with van der Waals surface area (Å²) in [5.74, 6) is -0.412. The molecule has 1 aromatic carbocycles. The molecule has 1 aliphatic rings. The first-order valence-electron chi connectivity index (χ1n) is 8.71. The summed E-state index contributed by atoms with van der Waals surface area (Å²) in [6.07, 6.45) is 2.16. The van der Waals surface area contributed by atoms with Gasteiger partial charge in [0.25, 0.3) is 5.91 Å². The van der Waals surface area contributed by atoms with Crippen molar-refractivity contribution in [1.29, 1.82) is 0 Å². The molecular weight excluding hydrogens is 353 g/mol. The fraction of sp³-hybridized carbons (Fsp3) is 0.368. The van der Waals surface area contributed by atoms with Crippen LogP contribution in [0.25, 0.3) is 0 Å². The van der Waals surface area contributed by atoms with E-state index in [1.807, 2.05) is 16.8 Å². The van der Waals surface area contributed by atoms with Crippen molar-refractivity contribution < 1.29 is 14.0 Å². The quantitative estimate of drug-likeness (QED) is 0.816. The molecule has 1 aliphatic heterocycles. The van der Waals surface area contributed by atoms with Crippen molar-refractivity contribution in [3.05, 3.63) is 52.5 Å². The maximum Gasteiger partial charge on any atom is 0.252 e. The molecule has 1 saturated heterocycles. The first kappa shape index (κ1) is 18.5. The number of nitrogens with zero attached hydrogens (tertiary/aromatic N) is 1. The molecule has 2 N–H and O–H groups in total. The van der Waals surface area contributed by atoms with Crippen LogP contribution in [0.3, 0.4) is 0 Å². The zero-order valence-corrected chi connectivity index (χ0v) is 15.2. The molecule has 5 nitrogen and oxygen atoms in total. The van der Waals surface area contributed by atoms with Gasteiger partial charge in [-0.2, -0.15) is 11.3 Å². The van der Waals surface area contributed by atoms with Crippen LogP contribution in [0.4, 0.5) is 10.1 Å². The lowest BCUT2D eigenvalue weighted by Gasteiger charge is -2.32. The number of carbonyl (C=O) groups is 2. The van der Waals surface area contributed by atoms with Gasteiger partial charge in [-0.25, -0.2) is 4.39 Å². The summed E-state index contributed by atoms with van der Waals surface area (Å²) < 4.78 is 12.9. The Morgan fingerprint density at radius 3 is 2.54 bits per heavy atom. The number of likely N-dealkylation sites (tertiary alicyclic amines) is 1. The minimum atomic E-state index is -0.322. The lowest BCUT2D eigenvalue weighted by Crippen LogP contribution is -2.45. The fourth-order valence-corrected chi connectivity index (χ4v) is 3.62. The van der Waals surface area contributed by atoms with Gasteiger partial charge in [-0.05, 0) is 48.6 Å². The summed E-state index contributed by atoms with van der Waals surface area (Å²) in [6, 6.07) is 7.76. The van der Waals surface area contributed by atoms with E-state index in [1.54, 1.807) is 12.1 Å². The maximum atomic E-state index is 12.9. The Hall–Kier alpha value is -2.25. The van der Waals surface area contributed by atoms with Crippen LogP contribution in [0.15, 0.2) is 41.1 Å². The molecule has 2 heterocycles. The number of amides is 2. The highest BCUT2D eigenvalue weighted by Crippen LogP contribution is 2.13. The van der Waals surface area contributed by atoms with Gasteiger partial charge in [0, 0.05) is 48.7 Å². The molecule has 2 aromatic rings. The molecule has 0 spiro atoms. The van der Waals surface area contributed by atoms with E-state index in [0.717, 1.165) is 31.5 Å². The third-order valence-electron chi connectivity index (χ3n) is 4.49. The zero-order chi connectivity index (χ0) is 18.4. The number of hydrogen-bond acceptors (Lipinski definition) is 4. The SMILES string of the molecule is O=C(CCN1CCC(NC(=O)c2ccsc2)CC1)Nc1ccc(F)cc1. The highest BCUT2D eigenvalue weighted by atomic mass is 32.1. The van der Waals surface area contributed by atoms with E-state index in [2.05, 4.69) is 15.5 Å². The van der Waals surface area contributed by atoms with Gasteiger partial charge in [0.15, 0.2) is 0 Å². The average molecular weight is 375 g/mol. The van der Waals surface area contributed by atoms with Crippen LogP contribution in [-0.4, -0.2) is 42.4 Å². The van der Waals surface area contributed by atoms with Gasteiger partial charge in [0.05, 0.1) is 0 Å². The number of hydrogen-bond donors (Lipinski definition) is 2. The Balaban J connectivity index is 1.35. The molecule has 0 saturated carbocycles. The van der Waals surface area contributed by atoms with E-state index in [0.29, 0.717) is 18.7 Å². The Bertz CT molecular complexity index is 726. The molecule has 26 heavy (non-hydrogen) atoms. The molecule has 3 rings (SSSR count). The van der Waals surface area contributed by atoms with E-state index in [1.165, 1.54) is 23.5 Å². The first-order valence-corrected chi connectivity index (χ1v) is 9.65. The Labute approximate surface area is 156 Å². The molecule has 0 unspecified atom stereocenters. The molecule has 0 atom stereocenters. The predicted molar refractivity (Wildman–Crippen MR) is 101 cm³/mol. The van der Waals surface area contributed by atoms with Crippen molar-refractivity contribution in [1.82, 2.24) is 10.2 Å². The minimum absolute atomic E-state index is 0.0108. The van der Waals surface area contributed by atoms with Crippen molar-refractivity contribution in [2.75, 3.05) is 25.0 Å². The van der Waals surface area contributed by atoms with Crippen LogP contribution in [-0.2, 0) is 4.79 Å². The van der Waals surface area contributed by atoms with Crippen molar-refractivity contribution in [3.8, 4) is 0 Å². The number of nitrogens with one attached hydrogen (secondary N) is 2. The van der Waals surface area contributed by atoms with Gasteiger partial charge in [-0.1, -0.05) is 0 Å². The second-order valence-corrected chi connectivity index (χ2v) is 7.19. The highest BCUT2D eigenvalue weighted by molar-refractivity contribution is 7.08. The molecular formula is C19H22FN3O2S. The van der Waals surface area contributed by atoms with E-state index >= 15 is 0 Å². The van der Waals surface area contributed by atoms with Crippen LogP contribution >= 0.6 is 11.3 Å². The normalized spacial score (nSPS) is 15.6.